The van der Waals surface area contributed by atoms with Crippen LogP contribution in [-0.2, 0) is 6.54 Å². The topological polar surface area (TPSA) is 20.3 Å². The summed E-state index contributed by atoms with van der Waals surface area (Å²) in [5.74, 6) is -0.0309. The maximum absolute atomic E-state index is 11.5. The minimum absolute atomic E-state index is 0.0309. The van der Waals surface area contributed by atoms with Crippen LogP contribution in [0.25, 0.3) is 0 Å². The highest BCUT2D eigenvalue weighted by molar-refractivity contribution is 6.37. The second-order valence-electron chi connectivity index (χ2n) is 3.08. The molecule has 0 aliphatic carbocycles. The number of hydrogen-bond donors (Lipinski definition) is 0. The van der Waals surface area contributed by atoms with Crippen LogP contribution in [0.2, 0.25) is 10.0 Å². The lowest BCUT2D eigenvalue weighted by molar-refractivity contribution is 0.0816. The Morgan fingerprint density at radius 2 is 2.08 bits per heavy atom. The van der Waals surface area contributed by atoms with Crippen molar-refractivity contribution in [2.75, 3.05) is 7.05 Å². The first-order valence-electron chi connectivity index (χ1n) is 3.83. The molecule has 0 N–H and O–H groups in total. The smallest absolute Gasteiger partial charge is 0.255 e. The molecule has 2 nitrogen and oxygen atoms in total. The minimum Gasteiger partial charge on any atom is -0.337 e. The van der Waals surface area contributed by atoms with E-state index in [1.165, 1.54) is 0 Å². The molecule has 1 heterocycles. The molecule has 0 spiro atoms. The molecule has 1 amide bonds. The van der Waals surface area contributed by atoms with Crippen LogP contribution in [-0.4, -0.2) is 17.9 Å². The lowest BCUT2D eigenvalue weighted by atomic mass is 10.1. The fourth-order valence-electron chi connectivity index (χ4n) is 1.51. The monoisotopic (exact) mass is 215 g/mol. The van der Waals surface area contributed by atoms with E-state index < -0.39 is 0 Å². The standard InChI is InChI=1S/C9H7Cl2NO/c1-12-4-5-2-6(10)3-7(11)8(5)9(12)13/h2-3H,4H2,1H3. The van der Waals surface area contributed by atoms with Gasteiger partial charge < -0.3 is 4.90 Å². The number of nitrogens with zero attached hydrogens (tertiary/aromatic N) is 1. The van der Waals surface area contributed by atoms with Crippen molar-refractivity contribution in [3.05, 3.63) is 33.3 Å². The van der Waals surface area contributed by atoms with Crippen LogP contribution in [0.5, 0.6) is 0 Å². The first kappa shape index (κ1) is 8.85. The second kappa shape index (κ2) is 2.89. The van der Waals surface area contributed by atoms with E-state index in [-0.39, 0.29) is 5.91 Å². The van der Waals surface area contributed by atoms with E-state index in [2.05, 4.69) is 0 Å². The zero-order valence-electron chi connectivity index (χ0n) is 6.97. The van der Waals surface area contributed by atoms with E-state index in [1.807, 2.05) is 0 Å². The first-order valence-corrected chi connectivity index (χ1v) is 4.58. The van der Waals surface area contributed by atoms with Crippen LogP contribution < -0.4 is 0 Å². The molecule has 0 fully saturated rings. The molecule has 2 rings (SSSR count). The number of hydrogen-bond acceptors (Lipinski definition) is 1. The molecular weight excluding hydrogens is 209 g/mol. The van der Waals surface area contributed by atoms with Crippen molar-refractivity contribution in [3.8, 4) is 0 Å². The van der Waals surface area contributed by atoms with E-state index in [1.54, 1.807) is 24.1 Å². The van der Waals surface area contributed by atoms with Gasteiger partial charge in [0.1, 0.15) is 0 Å². The highest BCUT2D eigenvalue weighted by Crippen LogP contribution is 2.31. The van der Waals surface area contributed by atoms with Crippen molar-refractivity contribution < 1.29 is 4.79 Å². The van der Waals surface area contributed by atoms with Crippen molar-refractivity contribution in [2.24, 2.45) is 0 Å². The van der Waals surface area contributed by atoms with Gasteiger partial charge in [0, 0.05) is 18.6 Å². The molecule has 0 unspecified atom stereocenters. The zero-order valence-corrected chi connectivity index (χ0v) is 8.49. The quantitative estimate of drug-likeness (QED) is 0.652. The normalized spacial score (nSPS) is 15.0. The van der Waals surface area contributed by atoms with Gasteiger partial charge in [-0.2, -0.15) is 0 Å². The van der Waals surface area contributed by atoms with Gasteiger partial charge in [-0.1, -0.05) is 23.2 Å². The van der Waals surface area contributed by atoms with Gasteiger partial charge in [-0.3, -0.25) is 4.79 Å². The maximum atomic E-state index is 11.5. The van der Waals surface area contributed by atoms with E-state index in [9.17, 15) is 4.79 Å². The largest absolute Gasteiger partial charge is 0.337 e. The van der Waals surface area contributed by atoms with Gasteiger partial charge in [0.15, 0.2) is 0 Å². The SMILES string of the molecule is CN1Cc2cc(Cl)cc(Cl)c2C1=O. The van der Waals surface area contributed by atoms with Crippen LogP contribution in [0.1, 0.15) is 15.9 Å². The van der Waals surface area contributed by atoms with Gasteiger partial charge in [-0.05, 0) is 17.7 Å². The average Bonchev–Trinajstić information content (AvgIpc) is 2.27. The number of carbonyl (C=O) groups excluding carboxylic acids is 1. The van der Waals surface area contributed by atoms with Crippen LogP contribution in [0.15, 0.2) is 12.1 Å². The van der Waals surface area contributed by atoms with E-state index in [0.717, 1.165) is 5.56 Å². The van der Waals surface area contributed by atoms with E-state index in [0.29, 0.717) is 22.2 Å². The number of fused-ring (bicyclic) bond motifs is 1. The molecule has 1 aromatic rings. The summed E-state index contributed by atoms with van der Waals surface area (Å²) in [6, 6.07) is 3.38. The molecule has 13 heavy (non-hydrogen) atoms. The summed E-state index contributed by atoms with van der Waals surface area (Å²) in [4.78, 5) is 13.1. The van der Waals surface area contributed by atoms with Crippen molar-refractivity contribution in [1.29, 1.82) is 0 Å². The van der Waals surface area contributed by atoms with Gasteiger partial charge in [-0.15, -0.1) is 0 Å². The summed E-state index contributed by atoms with van der Waals surface area (Å²) in [7, 11) is 1.74. The van der Waals surface area contributed by atoms with Crippen LogP contribution in [0.3, 0.4) is 0 Å². The van der Waals surface area contributed by atoms with Gasteiger partial charge in [-0.25, -0.2) is 0 Å². The van der Waals surface area contributed by atoms with Crippen molar-refractivity contribution in [3.63, 3.8) is 0 Å². The Hall–Kier alpha value is -0.730. The Labute approximate surface area is 86.0 Å². The molecule has 1 aromatic carbocycles. The first-order chi connectivity index (χ1) is 6.09. The summed E-state index contributed by atoms with van der Waals surface area (Å²) < 4.78 is 0. The van der Waals surface area contributed by atoms with E-state index >= 15 is 0 Å². The van der Waals surface area contributed by atoms with Crippen molar-refractivity contribution in [1.82, 2.24) is 4.90 Å². The lowest BCUT2D eigenvalue weighted by Crippen LogP contribution is -2.17. The highest BCUT2D eigenvalue weighted by Gasteiger charge is 2.27. The molecule has 68 valence electrons. The summed E-state index contributed by atoms with van der Waals surface area (Å²) >= 11 is 11.7. The molecule has 0 aromatic heterocycles. The van der Waals surface area contributed by atoms with Crippen molar-refractivity contribution >= 4 is 29.1 Å². The summed E-state index contributed by atoms with van der Waals surface area (Å²) in [6.45, 7) is 0.592. The highest BCUT2D eigenvalue weighted by atomic mass is 35.5. The van der Waals surface area contributed by atoms with Crippen LogP contribution >= 0.6 is 23.2 Å². The summed E-state index contributed by atoms with van der Waals surface area (Å²) in [6.07, 6.45) is 0. The maximum Gasteiger partial charge on any atom is 0.255 e. The Balaban J connectivity index is 2.64. The third kappa shape index (κ3) is 1.30. The van der Waals surface area contributed by atoms with Gasteiger partial charge in [0.05, 0.1) is 10.6 Å². The zero-order chi connectivity index (χ0) is 9.59. The third-order valence-corrected chi connectivity index (χ3v) is 2.62. The summed E-state index contributed by atoms with van der Waals surface area (Å²) in [5.41, 5.74) is 1.50. The van der Waals surface area contributed by atoms with Gasteiger partial charge >= 0.3 is 0 Å². The number of benzene rings is 1. The molecule has 0 saturated heterocycles. The number of carbonyl (C=O) groups is 1. The molecule has 1 aliphatic rings. The van der Waals surface area contributed by atoms with Gasteiger partial charge in [0.2, 0.25) is 0 Å². The minimum atomic E-state index is -0.0309. The Bertz CT molecular complexity index is 389. The summed E-state index contributed by atoms with van der Waals surface area (Å²) in [5, 5.41) is 1.02. The fraction of sp³-hybridized carbons (Fsp3) is 0.222. The second-order valence-corrected chi connectivity index (χ2v) is 3.93. The molecule has 1 aliphatic heterocycles. The molecular formula is C9H7Cl2NO. The lowest BCUT2D eigenvalue weighted by Gasteiger charge is -2.04. The molecule has 0 saturated carbocycles. The Morgan fingerprint density at radius 1 is 1.38 bits per heavy atom. The molecule has 0 bridgehead atoms. The average molecular weight is 216 g/mol. The predicted molar refractivity (Wildman–Crippen MR) is 52.3 cm³/mol. The molecule has 0 atom stereocenters. The van der Waals surface area contributed by atoms with E-state index in [4.69, 9.17) is 23.2 Å². The Kier molecular flexibility index (Phi) is 1.97. The predicted octanol–water partition coefficient (Wildman–Crippen LogP) is 2.58. The Morgan fingerprint density at radius 3 is 2.77 bits per heavy atom. The van der Waals surface area contributed by atoms with Crippen LogP contribution in [0, 0.1) is 0 Å². The molecule has 4 heteroatoms. The number of amides is 1. The molecule has 0 radical (unpaired) electrons. The third-order valence-electron chi connectivity index (χ3n) is 2.10. The fourth-order valence-corrected chi connectivity index (χ4v) is 2.13. The number of halogens is 2. The van der Waals surface area contributed by atoms with Gasteiger partial charge in [0.25, 0.3) is 5.91 Å². The van der Waals surface area contributed by atoms with Crippen LogP contribution in [0.4, 0.5) is 0 Å². The van der Waals surface area contributed by atoms with Crippen molar-refractivity contribution in [2.45, 2.75) is 6.54 Å². The number of rotatable bonds is 0.